The molecule has 0 unspecified atom stereocenters. The summed E-state index contributed by atoms with van der Waals surface area (Å²) < 4.78 is 26.0. The van der Waals surface area contributed by atoms with Crippen LogP contribution in [-0.4, -0.2) is 51.8 Å². The van der Waals surface area contributed by atoms with Gasteiger partial charge in [0, 0.05) is 0 Å². The zero-order chi connectivity index (χ0) is 18.7. The Balaban J connectivity index is 1.35. The monoisotopic (exact) mass is 434 g/mol. The van der Waals surface area contributed by atoms with Gasteiger partial charge in [-0.05, 0) is 0 Å². The number of hydrogen-bond acceptors (Lipinski definition) is 4. The van der Waals surface area contributed by atoms with Crippen molar-refractivity contribution < 1.29 is 18.9 Å². The zero-order valence-electron chi connectivity index (χ0n) is 15.7. The van der Waals surface area contributed by atoms with Crippen LogP contribution in [0.25, 0.3) is 0 Å². The van der Waals surface area contributed by atoms with E-state index in [2.05, 4.69) is 42.5 Å². The van der Waals surface area contributed by atoms with Gasteiger partial charge in [-0.15, -0.1) is 0 Å². The molecule has 4 nitrogen and oxygen atoms in total. The van der Waals surface area contributed by atoms with Crippen LogP contribution in [0, 0.1) is 0 Å². The Labute approximate surface area is 167 Å². The third-order valence-corrected chi connectivity index (χ3v) is 7.11. The minimum absolute atomic E-state index is 0.0177. The van der Waals surface area contributed by atoms with E-state index in [0.29, 0.717) is 28.2 Å². The van der Waals surface area contributed by atoms with E-state index in [1.807, 2.05) is 32.0 Å². The Kier molecular flexibility index (Phi) is 5.98. The Morgan fingerprint density at radius 2 is 1.52 bits per heavy atom. The molecule has 5 heteroatoms. The first kappa shape index (κ1) is 19.1. The van der Waals surface area contributed by atoms with Crippen molar-refractivity contribution >= 4 is 19.4 Å². The van der Waals surface area contributed by atoms with Gasteiger partial charge in [-0.3, -0.25) is 0 Å². The maximum atomic E-state index is 6.32. The van der Waals surface area contributed by atoms with Crippen molar-refractivity contribution in [1.29, 1.82) is 0 Å². The van der Waals surface area contributed by atoms with Crippen LogP contribution in [0.5, 0.6) is 0 Å². The molecule has 2 aliphatic heterocycles. The molecule has 0 saturated carbocycles. The number of rotatable bonds is 7. The van der Waals surface area contributed by atoms with Gasteiger partial charge in [0.2, 0.25) is 0 Å². The van der Waals surface area contributed by atoms with E-state index >= 15 is 0 Å². The standard InChI is InChI=1S/C22H26O4Se/c1-22(2)25-20-18(14-23-13-16-9-5-3-6-10-16)24-19(21(20)26-22)15-27-17-11-7-4-8-12-17/h3-12,18-21H,13-15H2,1-2H3/t18-,19-,20-,21+/m1/s1. The van der Waals surface area contributed by atoms with Crippen LogP contribution < -0.4 is 4.46 Å². The first-order valence-electron chi connectivity index (χ1n) is 9.41. The molecule has 27 heavy (non-hydrogen) atoms. The Morgan fingerprint density at radius 1 is 0.889 bits per heavy atom. The number of ether oxygens (including phenoxy) is 4. The second-order valence-corrected chi connectivity index (χ2v) is 9.70. The molecule has 144 valence electrons. The summed E-state index contributed by atoms with van der Waals surface area (Å²) in [5, 5.41) is 0.979. The predicted octanol–water partition coefficient (Wildman–Crippen LogP) is 2.94. The van der Waals surface area contributed by atoms with E-state index in [1.165, 1.54) is 10.0 Å². The molecule has 0 aliphatic carbocycles. The summed E-state index contributed by atoms with van der Waals surface area (Å²) in [6, 6.07) is 20.8. The number of benzene rings is 2. The molecule has 4 rings (SSSR count). The van der Waals surface area contributed by atoms with E-state index in [4.69, 9.17) is 18.9 Å². The normalized spacial score (nSPS) is 29.0. The van der Waals surface area contributed by atoms with Gasteiger partial charge in [0.05, 0.1) is 0 Å². The molecule has 0 bridgehead atoms. The quantitative estimate of drug-likeness (QED) is 0.630. The van der Waals surface area contributed by atoms with Crippen LogP contribution in [0.3, 0.4) is 0 Å². The van der Waals surface area contributed by atoms with Gasteiger partial charge in [0.1, 0.15) is 0 Å². The van der Waals surface area contributed by atoms with E-state index in [1.54, 1.807) is 0 Å². The second-order valence-electron chi connectivity index (χ2n) is 7.40. The minimum atomic E-state index is -0.561. The molecule has 0 aromatic heterocycles. The summed E-state index contributed by atoms with van der Waals surface area (Å²) in [5.41, 5.74) is 1.17. The molecule has 0 N–H and O–H groups in total. The molecule has 2 aliphatic rings. The molecule has 2 saturated heterocycles. The van der Waals surface area contributed by atoms with Crippen molar-refractivity contribution in [1.82, 2.24) is 0 Å². The van der Waals surface area contributed by atoms with Crippen LogP contribution in [0.1, 0.15) is 19.4 Å². The molecule has 0 radical (unpaired) electrons. The van der Waals surface area contributed by atoms with Crippen LogP contribution >= 0.6 is 0 Å². The average Bonchev–Trinajstić information content (AvgIpc) is 3.15. The molecule has 2 aromatic carbocycles. The molecule has 0 spiro atoms. The van der Waals surface area contributed by atoms with Gasteiger partial charge in [0.15, 0.2) is 0 Å². The van der Waals surface area contributed by atoms with Crippen LogP contribution in [0.4, 0.5) is 0 Å². The van der Waals surface area contributed by atoms with Gasteiger partial charge >= 0.3 is 167 Å². The zero-order valence-corrected chi connectivity index (χ0v) is 17.5. The van der Waals surface area contributed by atoms with Crippen molar-refractivity contribution in [2.45, 2.75) is 56.0 Å². The van der Waals surface area contributed by atoms with Crippen molar-refractivity contribution in [3.63, 3.8) is 0 Å². The fourth-order valence-electron chi connectivity index (χ4n) is 3.60. The molecule has 0 amide bonds. The molecule has 4 atom stereocenters. The van der Waals surface area contributed by atoms with Gasteiger partial charge in [-0.1, -0.05) is 0 Å². The average molecular weight is 433 g/mol. The van der Waals surface area contributed by atoms with Crippen LogP contribution in [-0.2, 0) is 25.6 Å². The Bertz CT molecular complexity index is 722. The summed E-state index contributed by atoms with van der Waals surface area (Å²) in [6.45, 7) is 5.06. The molecule has 2 heterocycles. The molecular formula is C22H26O4Se. The molecule has 2 fully saturated rings. The third-order valence-electron chi connectivity index (χ3n) is 4.80. The number of fused-ring (bicyclic) bond motifs is 1. The molecule has 2 aromatic rings. The maximum absolute atomic E-state index is 6.32. The van der Waals surface area contributed by atoms with E-state index in [-0.39, 0.29) is 24.4 Å². The number of hydrogen-bond donors (Lipinski definition) is 0. The first-order chi connectivity index (χ1) is 13.1. The van der Waals surface area contributed by atoms with Crippen molar-refractivity contribution in [2.75, 3.05) is 6.61 Å². The van der Waals surface area contributed by atoms with E-state index in [9.17, 15) is 0 Å². The fraction of sp³-hybridized carbons (Fsp3) is 0.455. The van der Waals surface area contributed by atoms with Crippen molar-refractivity contribution in [3.8, 4) is 0 Å². The van der Waals surface area contributed by atoms with Gasteiger partial charge in [-0.2, -0.15) is 0 Å². The Hall–Kier alpha value is -1.20. The summed E-state index contributed by atoms with van der Waals surface area (Å²) in [4.78, 5) is 0. The summed E-state index contributed by atoms with van der Waals surface area (Å²) in [7, 11) is 0. The van der Waals surface area contributed by atoms with Gasteiger partial charge < -0.3 is 0 Å². The topological polar surface area (TPSA) is 36.9 Å². The first-order valence-corrected chi connectivity index (χ1v) is 11.5. The summed E-state index contributed by atoms with van der Waals surface area (Å²) in [5.74, 6) is -0.561. The van der Waals surface area contributed by atoms with E-state index in [0.717, 1.165) is 5.32 Å². The summed E-state index contributed by atoms with van der Waals surface area (Å²) in [6.07, 6.45) is -0.109. The van der Waals surface area contributed by atoms with E-state index < -0.39 is 5.79 Å². The third kappa shape index (κ3) is 4.80. The van der Waals surface area contributed by atoms with Crippen LogP contribution in [0.15, 0.2) is 60.7 Å². The van der Waals surface area contributed by atoms with Crippen molar-refractivity contribution in [2.24, 2.45) is 0 Å². The molecular weight excluding hydrogens is 407 g/mol. The van der Waals surface area contributed by atoms with Gasteiger partial charge in [-0.25, -0.2) is 0 Å². The second kappa shape index (κ2) is 8.44. The van der Waals surface area contributed by atoms with Crippen molar-refractivity contribution in [3.05, 3.63) is 66.2 Å². The fourth-order valence-corrected chi connectivity index (χ4v) is 5.65. The SMILES string of the molecule is CC1(C)O[C@@H]2[C@H](O1)[C@@H](COCc1ccccc1)O[C@@H]2C[Se]c1ccccc1. The Morgan fingerprint density at radius 3 is 2.22 bits per heavy atom. The summed E-state index contributed by atoms with van der Waals surface area (Å²) >= 11 is 0.354. The van der Waals surface area contributed by atoms with Gasteiger partial charge in [0.25, 0.3) is 0 Å². The predicted molar refractivity (Wildman–Crippen MR) is 105 cm³/mol. The van der Waals surface area contributed by atoms with Crippen LogP contribution in [0.2, 0.25) is 5.32 Å².